The van der Waals surface area contributed by atoms with E-state index >= 15 is 0 Å². The molecular formula is C14H20BrN3OS. The lowest BCUT2D eigenvalue weighted by atomic mass is 9.96. The summed E-state index contributed by atoms with van der Waals surface area (Å²) in [6.07, 6.45) is 4.35. The summed E-state index contributed by atoms with van der Waals surface area (Å²) in [7, 11) is 0. The first-order chi connectivity index (χ1) is 9.74. The average molecular weight is 358 g/mol. The zero-order chi connectivity index (χ0) is 13.9. The van der Waals surface area contributed by atoms with Crippen LogP contribution in [-0.2, 0) is 11.3 Å². The van der Waals surface area contributed by atoms with Gasteiger partial charge in [0.25, 0.3) is 0 Å². The molecule has 6 heteroatoms. The summed E-state index contributed by atoms with van der Waals surface area (Å²) in [5, 5.41) is 6.85. The Kier molecular flexibility index (Phi) is 4.63. The predicted octanol–water partition coefficient (Wildman–Crippen LogP) is 2.89. The van der Waals surface area contributed by atoms with Crippen LogP contribution in [0.4, 0.5) is 0 Å². The van der Waals surface area contributed by atoms with E-state index in [1.807, 2.05) is 0 Å². The number of hydrogen-bond donors (Lipinski definition) is 2. The highest BCUT2D eigenvalue weighted by atomic mass is 79.9. The Bertz CT molecular complexity index is 491. The highest BCUT2D eigenvalue weighted by Crippen LogP contribution is 2.34. The molecular weight excluding hydrogens is 338 g/mol. The van der Waals surface area contributed by atoms with Crippen LogP contribution >= 0.6 is 27.3 Å². The molecule has 0 saturated carbocycles. The molecule has 0 aromatic carbocycles. The van der Waals surface area contributed by atoms with E-state index in [1.54, 1.807) is 11.3 Å². The van der Waals surface area contributed by atoms with E-state index in [2.05, 4.69) is 50.6 Å². The van der Waals surface area contributed by atoms with E-state index in [1.165, 1.54) is 17.7 Å². The third-order valence-electron chi connectivity index (χ3n) is 3.79. The Balaban J connectivity index is 1.59. The van der Waals surface area contributed by atoms with Crippen molar-refractivity contribution in [2.24, 2.45) is 4.99 Å². The number of guanidine groups is 1. The summed E-state index contributed by atoms with van der Waals surface area (Å²) in [5.74, 6) is 0.901. The zero-order valence-corrected chi connectivity index (χ0v) is 14.0. The summed E-state index contributed by atoms with van der Waals surface area (Å²) in [5.41, 5.74) is 0. The van der Waals surface area contributed by atoms with Crippen LogP contribution < -0.4 is 10.6 Å². The maximum absolute atomic E-state index is 5.88. The van der Waals surface area contributed by atoms with Gasteiger partial charge in [-0.1, -0.05) is 0 Å². The van der Waals surface area contributed by atoms with Crippen LogP contribution in [0.25, 0.3) is 0 Å². The molecule has 0 spiro atoms. The largest absolute Gasteiger partial charge is 0.373 e. The van der Waals surface area contributed by atoms with Gasteiger partial charge in [0.1, 0.15) is 0 Å². The van der Waals surface area contributed by atoms with Gasteiger partial charge in [-0.25, -0.2) is 4.99 Å². The van der Waals surface area contributed by atoms with Crippen LogP contribution in [0.2, 0.25) is 0 Å². The smallest absolute Gasteiger partial charge is 0.191 e. The predicted molar refractivity (Wildman–Crippen MR) is 86.3 cm³/mol. The van der Waals surface area contributed by atoms with Crippen molar-refractivity contribution in [3.63, 3.8) is 0 Å². The second-order valence-corrected chi connectivity index (χ2v) is 7.81. The van der Waals surface area contributed by atoms with Crippen molar-refractivity contribution in [2.45, 2.75) is 51.0 Å². The normalized spacial score (nSPS) is 28.9. The summed E-state index contributed by atoms with van der Waals surface area (Å²) in [6.45, 7) is 3.69. The molecule has 2 saturated heterocycles. The van der Waals surface area contributed by atoms with Crippen molar-refractivity contribution in [1.82, 2.24) is 10.6 Å². The van der Waals surface area contributed by atoms with Crippen molar-refractivity contribution < 1.29 is 4.74 Å². The standard InChI is InChI=1S/C14H20BrN3OS/c1-2-16-14(17-8-10-4-6-13(15)20-10)18-11-7-9-3-5-12(11)19-9/h4,6,9,11-12H,2-3,5,7-8H2,1H3,(H2,16,17,18). The van der Waals surface area contributed by atoms with Gasteiger partial charge in [0.15, 0.2) is 5.96 Å². The molecule has 110 valence electrons. The summed E-state index contributed by atoms with van der Waals surface area (Å²) >= 11 is 5.22. The average Bonchev–Trinajstić information content (AvgIpc) is 3.13. The van der Waals surface area contributed by atoms with Gasteiger partial charge in [0.2, 0.25) is 0 Å². The van der Waals surface area contributed by atoms with Crippen LogP contribution in [0.1, 0.15) is 31.1 Å². The van der Waals surface area contributed by atoms with Gasteiger partial charge in [-0.05, 0) is 54.2 Å². The van der Waals surface area contributed by atoms with Crippen LogP contribution in [0, 0.1) is 0 Å². The lowest BCUT2D eigenvalue weighted by Crippen LogP contribution is -2.47. The molecule has 2 bridgehead atoms. The summed E-state index contributed by atoms with van der Waals surface area (Å²) in [6, 6.07) is 4.60. The van der Waals surface area contributed by atoms with E-state index in [9.17, 15) is 0 Å². The van der Waals surface area contributed by atoms with Crippen molar-refractivity contribution in [1.29, 1.82) is 0 Å². The van der Waals surface area contributed by atoms with Gasteiger partial charge >= 0.3 is 0 Å². The van der Waals surface area contributed by atoms with Crippen LogP contribution in [0.5, 0.6) is 0 Å². The number of ether oxygens (including phenoxy) is 1. The molecule has 0 aliphatic carbocycles. The number of thiophene rings is 1. The van der Waals surface area contributed by atoms with Crippen molar-refractivity contribution in [3.05, 3.63) is 20.8 Å². The molecule has 2 N–H and O–H groups in total. The van der Waals surface area contributed by atoms with Crippen LogP contribution in [0.3, 0.4) is 0 Å². The van der Waals surface area contributed by atoms with Crippen molar-refractivity contribution in [2.75, 3.05) is 6.54 Å². The number of fused-ring (bicyclic) bond motifs is 2. The first-order valence-corrected chi connectivity index (χ1v) is 8.80. The molecule has 1 aromatic rings. The Labute approximate surface area is 132 Å². The minimum atomic E-state index is 0.375. The number of rotatable bonds is 4. The topological polar surface area (TPSA) is 45.7 Å². The highest BCUT2D eigenvalue weighted by molar-refractivity contribution is 9.11. The molecule has 3 rings (SSSR count). The minimum Gasteiger partial charge on any atom is -0.373 e. The number of halogens is 1. The van der Waals surface area contributed by atoms with Gasteiger partial charge < -0.3 is 15.4 Å². The van der Waals surface area contributed by atoms with Crippen LogP contribution in [0.15, 0.2) is 20.9 Å². The maximum atomic E-state index is 5.88. The van der Waals surface area contributed by atoms with E-state index < -0.39 is 0 Å². The Morgan fingerprint density at radius 1 is 1.50 bits per heavy atom. The Hall–Kier alpha value is -0.590. The third-order valence-corrected chi connectivity index (χ3v) is 5.40. The zero-order valence-electron chi connectivity index (χ0n) is 11.6. The third kappa shape index (κ3) is 3.35. The van der Waals surface area contributed by atoms with E-state index in [-0.39, 0.29) is 0 Å². The first-order valence-electron chi connectivity index (χ1n) is 7.19. The molecule has 0 amide bonds. The first kappa shape index (κ1) is 14.4. The fourth-order valence-electron chi connectivity index (χ4n) is 2.88. The molecule has 1 aromatic heterocycles. The fraction of sp³-hybridized carbons (Fsp3) is 0.643. The summed E-state index contributed by atoms with van der Waals surface area (Å²) < 4.78 is 7.04. The monoisotopic (exact) mass is 357 g/mol. The molecule has 3 heterocycles. The van der Waals surface area contributed by atoms with Crippen molar-refractivity contribution >= 4 is 33.2 Å². The van der Waals surface area contributed by atoms with E-state index in [0.29, 0.717) is 24.8 Å². The fourth-order valence-corrected chi connectivity index (χ4v) is 4.29. The second kappa shape index (κ2) is 6.45. The molecule has 2 aliphatic rings. The SMILES string of the molecule is CCNC(=NCc1ccc(Br)s1)NC1CC2CCC1O2. The second-order valence-electron chi connectivity index (χ2n) is 5.26. The molecule has 20 heavy (non-hydrogen) atoms. The Morgan fingerprint density at radius 2 is 2.40 bits per heavy atom. The van der Waals surface area contributed by atoms with E-state index in [4.69, 9.17) is 4.74 Å². The highest BCUT2D eigenvalue weighted by Gasteiger charge is 2.41. The minimum absolute atomic E-state index is 0.375. The molecule has 4 nitrogen and oxygen atoms in total. The van der Waals surface area contributed by atoms with Gasteiger partial charge in [0.05, 0.1) is 28.6 Å². The Morgan fingerprint density at radius 3 is 3.00 bits per heavy atom. The summed E-state index contributed by atoms with van der Waals surface area (Å²) in [4.78, 5) is 5.93. The molecule has 3 atom stereocenters. The van der Waals surface area contributed by atoms with Gasteiger partial charge in [-0.2, -0.15) is 0 Å². The molecule has 2 fully saturated rings. The molecule has 0 radical (unpaired) electrons. The van der Waals surface area contributed by atoms with Gasteiger partial charge in [0, 0.05) is 11.4 Å². The number of nitrogens with one attached hydrogen (secondary N) is 2. The lowest BCUT2D eigenvalue weighted by Gasteiger charge is -2.22. The van der Waals surface area contributed by atoms with E-state index in [0.717, 1.165) is 22.7 Å². The lowest BCUT2D eigenvalue weighted by molar-refractivity contribution is 0.0992. The number of hydrogen-bond acceptors (Lipinski definition) is 3. The van der Waals surface area contributed by atoms with Crippen LogP contribution in [-0.4, -0.2) is 30.8 Å². The molecule has 2 aliphatic heterocycles. The number of aliphatic imine (C=N–C) groups is 1. The van der Waals surface area contributed by atoms with Gasteiger partial charge in [-0.3, -0.25) is 0 Å². The van der Waals surface area contributed by atoms with Crippen molar-refractivity contribution in [3.8, 4) is 0 Å². The molecule has 3 unspecified atom stereocenters. The quantitative estimate of drug-likeness (QED) is 0.643. The number of nitrogens with zero attached hydrogens (tertiary/aromatic N) is 1. The van der Waals surface area contributed by atoms with Gasteiger partial charge in [-0.15, -0.1) is 11.3 Å². The maximum Gasteiger partial charge on any atom is 0.191 e.